The summed E-state index contributed by atoms with van der Waals surface area (Å²) in [6, 6.07) is 18.3. The van der Waals surface area contributed by atoms with Crippen LogP contribution in [-0.2, 0) is 6.42 Å². The molecule has 0 atom stereocenters. The third-order valence-electron chi connectivity index (χ3n) is 6.07. The number of methoxy groups -OCH3 is 1. The van der Waals surface area contributed by atoms with Crippen molar-refractivity contribution >= 4 is 40.6 Å². The van der Waals surface area contributed by atoms with Crippen LogP contribution in [0, 0.1) is 13.8 Å². The molecule has 36 heavy (non-hydrogen) atoms. The van der Waals surface area contributed by atoms with Crippen molar-refractivity contribution in [2.24, 2.45) is 4.99 Å². The number of nitrogens with zero attached hydrogens (tertiary/aromatic N) is 5. The fourth-order valence-corrected chi connectivity index (χ4v) is 4.42. The Balaban J connectivity index is 1.53. The van der Waals surface area contributed by atoms with E-state index in [-0.39, 0.29) is 0 Å². The molecule has 0 aliphatic carbocycles. The first-order valence-corrected chi connectivity index (χ1v) is 12.6. The lowest BCUT2D eigenvalue weighted by Gasteiger charge is -2.37. The molecule has 1 aliphatic heterocycles. The van der Waals surface area contributed by atoms with Crippen LogP contribution in [0.5, 0.6) is 5.75 Å². The Labute approximate surface area is 218 Å². The quantitative estimate of drug-likeness (QED) is 0.296. The third kappa shape index (κ3) is 6.48. The van der Waals surface area contributed by atoms with Crippen LogP contribution in [0.1, 0.15) is 23.9 Å². The summed E-state index contributed by atoms with van der Waals surface area (Å²) in [7, 11) is 1.68. The normalized spacial score (nSPS) is 13.9. The van der Waals surface area contributed by atoms with Crippen LogP contribution < -0.4 is 20.3 Å². The fraction of sp³-hybridized carbons (Fsp3) is 0.333. The molecule has 2 aromatic carbocycles. The van der Waals surface area contributed by atoms with E-state index >= 15 is 0 Å². The summed E-state index contributed by atoms with van der Waals surface area (Å²) in [5, 5.41) is 7.02. The molecule has 1 aliphatic rings. The summed E-state index contributed by atoms with van der Waals surface area (Å²) in [5.74, 6) is 2.01. The van der Waals surface area contributed by atoms with Gasteiger partial charge < -0.3 is 19.9 Å². The standard InChI is InChI=1S/C27H33N7OS/c1-5-21-8-6-7-9-24(21)30-27(36)32-26(31-25-28-19(2)18-20(3)29-25)34-16-14-33(15-17-34)22-10-12-23(35-4)13-11-22/h6-13,18H,5,14-17H2,1-4H3,(H2,28,29,30,31,32,36). The Morgan fingerprint density at radius 2 is 1.64 bits per heavy atom. The van der Waals surface area contributed by atoms with E-state index in [4.69, 9.17) is 21.9 Å². The van der Waals surface area contributed by atoms with Crippen LogP contribution in [0.3, 0.4) is 0 Å². The number of guanidine groups is 1. The smallest absolute Gasteiger partial charge is 0.229 e. The van der Waals surface area contributed by atoms with E-state index in [1.54, 1.807) is 7.11 Å². The molecule has 9 heteroatoms. The number of para-hydroxylation sites is 1. The summed E-state index contributed by atoms with van der Waals surface area (Å²) in [6.45, 7) is 9.28. The lowest BCUT2D eigenvalue weighted by atomic mass is 10.1. The fourth-order valence-electron chi connectivity index (χ4n) is 4.22. The number of hydrogen-bond donors (Lipinski definition) is 2. The van der Waals surface area contributed by atoms with Crippen molar-refractivity contribution < 1.29 is 4.74 Å². The first-order valence-electron chi connectivity index (χ1n) is 12.2. The maximum absolute atomic E-state index is 5.65. The molecule has 3 aromatic rings. The number of piperazine rings is 1. The van der Waals surface area contributed by atoms with Gasteiger partial charge >= 0.3 is 0 Å². The Morgan fingerprint density at radius 1 is 0.972 bits per heavy atom. The number of anilines is 3. The van der Waals surface area contributed by atoms with Crippen LogP contribution in [0.4, 0.5) is 17.3 Å². The zero-order chi connectivity index (χ0) is 25.5. The second-order valence-electron chi connectivity index (χ2n) is 8.65. The Hall–Kier alpha value is -3.72. The largest absolute Gasteiger partial charge is 0.497 e. The molecule has 0 radical (unpaired) electrons. The van der Waals surface area contributed by atoms with Crippen LogP contribution in [0.25, 0.3) is 0 Å². The average Bonchev–Trinajstić information content (AvgIpc) is 2.88. The molecule has 1 aromatic heterocycles. The van der Waals surface area contributed by atoms with Gasteiger partial charge in [0.2, 0.25) is 17.0 Å². The van der Waals surface area contributed by atoms with Crippen LogP contribution >= 0.6 is 12.2 Å². The van der Waals surface area contributed by atoms with Crippen LogP contribution in [-0.4, -0.2) is 59.2 Å². The molecule has 2 N–H and O–H groups in total. The number of aryl methyl sites for hydroxylation is 3. The first-order chi connectivity index (χ1) is 17.4. The SMILES string of the molecule is CCc1ccccc1NC(=S)/N=C(/Nc1nc(C)cc(C)n1)N1CCN(c2ccc(OC)cc2)CC1. The van der Waals surface area contributed by atoms with Gasteiger partial charge in [-0.1, -0.05) is 25.1 Å². The molecular weight excluding hydrogens is 470 g/mol. The number of hydrogen-bond acceptors (Lipinski definition) is 5. The topological polar surface area (TPSA) is 77.9 Å². The van der Waals surface area contributed by atoms with Crippen molar-refractivity contribution in [1.82, 2.24) is 14.9 Å². The Bertz CT molecular complexity index is 1200. The van der Waals surface area contributed by atoms with E-state index < -0.39 is 0 Å². The maximum Gasteiger partial charge on any atom is 0.229 e. The number of thiocarbonyl (C=S) groups is 1. The number of rotatable bonds is 5. The second kappa shape index (κ2) is 11.8. The molecule has 1 saturated heterocycles. The summed E-state index contributed by atoms with van der Waals surface area (Å²) in [6.07, 6.45) is 0.907. The highest BCUT2D eigenvalue weighted by molar-refractivity contribution is 7.80. The van der Waals surface area contributed by atoms with E-state index in [9.17, 15) is 0 Å². The molecule has 8 nitrogen and oxygen atoms in total. The molecule has 0 unspecified atom stereocenters. The van der Waals surface area contributed by atoms with Gasteiger partial charge in [-0.25, -0.2) is 9.97 Å². The lowest BCUT2D eigenvalue weighted by Crippen LogP contribution is -2.51. The summed E-state index contributed by atoms with van der Waals surface area (Å²) in [4.78, 5) is 18.4. The van der Waals surface area contributed by atoms with Gasteiger partial charge in [0.1, 0.15) is 5.75 Å². The predicted octanol–water partition coefficient (Wildman–Crippen LogP) is 4.65. The zero-order valence-electron chi connectivity index (χ0n) is 21.3. The van der Waals surface area contributed by atoms with Crippen molar-refractivity contribution in [3.63, 3.8) is 0 Å². The third-order valence-corrected chi connectivity index (χ3v) is 6.26. The highest BCUT2D eigenvalue weighted by atomic mass is 32.1. The van der Waals surface area contributed by atoms with Gasteiger partial charge in [-0.05, 0) is 74.4 Å². The number of ether oxygens (including phenoxy) is 1. The van der Waals surface area contributed by atoms with Gasteiger partial charge in [-0.3, -0.25) is 5.32 Å². The van der Waals surface area contributed by atoms with Gasteiger partial charge in [0.25, 0.3) is 0 Å². The summed E-state index contributed by atoms with van der Waals surface area (Å²) >= 11 is 5.65. The highest BCUT2D eigenvalue weighted by Crippen LogP contribution is 2.21. The van der Waals surface area contributed by atoms with Crippen molar-refractivity contribution in [3.05, 3.63) is 71.5 Å². The van der Waals surface area contributed by atoms with Gasteiger partial charge in [-0.15, -0.1) is 0 Å². The minimum absolute atomic E-state index is 0.389. The number of benzene rings is 2. The van der Waals surface area contributed by atoms with E-state index in [0.717, 1.165) is 55.4 Å². The van der Waals surface area contributed by atoms with Crippen molar-refractivity contribution in [1.29, 1.82) is 0 Å². The molecule has 0 bridgehead atoms. The van der Waals surface area contributed by atoms with Gasteiger partial charge in [-0.2, -0.15) is 4.99 Å². The molecule has 4 rings (SSSR count). The van der Waals surface area contributed by atoms with E-state index in [1.807, 2.05) is 50.2 Å². The molecule has 188 valence electrons. The van der Waals surface area contributed by atoms with Crippen molar-refractivity contribution in [3.8, 4) is 5.75 Å². The maximum atomic E-state index is 5.65. The number of nitrogens with one attached hydrogen (secondary N) is 2. The highest BCUT2D eigenvalue weighted by Gasteiger charge is 2.22. The van der Waals surface area contributed by atoms with Crippen molar-refractivity contribution in [2.75, 3.05) is 48.8 Å². The predicted molar refractivity (Wildman–Crippen MR) is 151 cm³/mol. The first kappa shape index (κ1) is 25.4. The van der Waals surface area contributed by atoms with E-state index in [2.05, 4.69) is 55.5 Å². The van der Waals surface area contributed by atoms with Crippen molar-refractivity contribution in [2.45, 2.75) is 27.2 Å². The van der Waals surface area contributed by atoms with Gasteiger partial charge in [0.15, 0.2) is 0 Å². The molecule has 1 fully saturated rings. The Morgan fingerprint density at radius 3 is 2.28 bits per heavy atom. The average molecular weight is 504 g/mol. The minimum Gasteiger partial charge on any atom is -0.497 e. The molecule has 0 spiro atoms. The second-order valence-corrected chi connectivity index (χ2v) is 9.03. The molecule has 0 saturated carbocycles. The Kier molecular flexibility index (Phi) is 8.32. The van der Waals surface area contributed by atoms with Crippen LogP contribution in [0.2, 0.25) is 0 Å². The molecule has 0 amide bonds. The van der Waals surface area contributed by atoms with Crippen LogP contribution in [0.15, 0.2) is 59.6 Å². The van der Waals surface area contributed by atoms with Gasteiger partial charge in [0, 0.05) is 48.9 Å². The monoisotopic (exact) mass is 503 g/mol. The molecular formula is C27H33N7OS. The minimum atomic E-state index is 0.389. The number of aromatic nitrogens is 2. The molecule has 2 heterocycles. The summed E-state index contributed by atoms with van der Waals surface area (Å²) < 4.78 is 5.29. The van der Waals surface area contributed by atoms with E-state index in [0.29, 0.717) is 17.0 Å². The van der Waals surface area contributed by atoms with E-state index in [1.165, 1.54) is 11.3 Å². The number of aliphatic imine (C=N–C) groups is 1. The zero-order valence-corrected chi connectivity index (χ0v) is 22.1. The lowest BCUT2D eigenvalue weighted by molar-refractivity contribution is 0.385. The van der Waals surface area contributed by atoms with Gasteiger partial charge in [0.05, 0.1) is 7.11 Å². The summed E-state index contributed by atoms with van der Waals surface area (Å²) in [5.41, 5.74) is 5.13.